The van der Waals surface area contributed by atoms with Crippen molar-refractivity contribution in [3.05, 3.63) is 53.8 Å². The van der Waals surface area contributed by atoms with Crippen molar-refractivity contribution in [3.8, 4) is 16.9 Å². The number of rotatable bonds is 3. The molecule has 0 N–H and O–H groups in total. The first-order valence-corrected chi connectivity index (χ1v) is 5.14. The van der Waals surface area contributed by atoms with Crippen LogP contribution >= 0.6 is 0 Å². The van der Waals surface area contributed by atoms with Gasteiger partial charge in [0.15, 0.2) is 6.29 Å². The predicted octanol–water partition coefficient (Wildman–Crippen LogP) is 3.31. The molecule has 0 aliphatic heterocycles. The maximum Gasteiger partial charge on any atom is 0.150 e. The first kappa shape index (κ1) is 11.3. The fraction of sp³-hybridized carbons (Fsp3) is 0.0714. The minimum absolute atomic E-state index is 0.296. The van der Waals surface area contributed by atoms with E-state index in [9.17, 15) is 9.18 Å². The third kappa shape index (κ3) is 2.33. The zero-order valence-electron chi connectivity index (χ0n) is 9.31. The smallest absolute Gasteiger partial charge is 0.150 e. The molecule has 0 aromatic heterocycles. The van der Waals surface area contributed by atoms with Gasteiger partial charge < -0.3 is 4.74 Å². The second kappa shape index (κ2) is 4.78. The average molecular weight is 230 g/mol. The van der Waals surface area contributed by atoms with Crippen molar-refractivity contribution >= 4 is 6.29 Å². The van der Waals surface area contributed by atoms with Crippen LogP contribution in [0, 0.1) is 5.82 Å². The molecule has 0 atom stereocenters. The van der Waals surface area contributed by atoms with E-state index >= 15 is 0 Å². The number of carbonyl (C=O) groups excluding carboxylic acids is 1. The Balaban J connectivity index is 2.51. The van der Waals surface area contributed by atoms with Gasteiger partial charge >= 0.3 is 0 Å². The molecule has 0 aliphatic carbocycles. The van der Waals surface area contributed by atoms with E-state index in [0.717, 1.165) is 17.4 Å². The van der Waals surface area contributed by atoms with E-state index in [4.69, 9.17) is 4.74 Å². The van der Waals surface area contributed by atoms with E-state index in [0.29, 0.717) is 11.3 Å². The Morgan fingerprint density at radius 2 is 1.82 bits per heavy atom. The van der Waals surface area contributed by atoms with Crippen molar-refractivity contribution in [2.75, 3.05) is 7.11 Å². The number of methoxy groups -OCH3 is 1. The van der Waals surface area contributed by atoms with Gasteiger partial charge in [0.25, 0.3) is 0 Å². The molecule has 0 bridgehead atoms. The highest BCUT2D eigenvalue weighted by Gasteiger charge is 2.06. The molecule has 2 nitrogen and oxygen atoms in total. The fourth-order valence-corrected chi connectivity index (χ4v) is 1.66. The number of aldehydes is 1. The van der Waals surface area contributed by atoms with E-state index in [1.165, 1.54) is 12.1 Å². The SMILES string of the molecule is COc1ccc(-c2ccc(F)cc2)c(C=O)c1. The highest BCUT2D eigenvalue weighted by molar-refractivity contribution is 5.88. The van der Waals surface area contributed by atoms with Crippen LogP contribution in [0.2, 0.25) is 0 Å². The Kier molecular flexibility index (Phi) is 3.19. The van der Waals surface area contributed by atoms with Gasteiger partial charge in [-0.15, -0.1) is 0 Å². The van der Waals surface area contributed by atoms with Gasteiger partial charge in [0.2, 0.25) is 0 Å². The summed E-state index contributed by atoms with van der Waals surface area (Å²) in [7, 11) is 1.54. The van der Waals surface area contributed by atoms with E-state index in [1.807, 2.05) is 0 Å². The molecule has 0 spiro atoms. The van der Waals surface area contributed by atoms with Crippen LogP contribution in [-0.4, -0.2) is 13.4 Å². The molecule has 86 valence electrons. The topological polar surface area (TPSA) is 26.3 Å². The molecule has 0 fully saturated rings. The predicted molar refractivity (Wildman–Crippen MR) is 63.8 cm³/mol. The van der Waals surface area contributed by atoms with E-state index in [2.05, 4.69) is 0 Å². The molecular weight excluding hydrogens is 219 g/mol. The summed E-state index contributed by atoms with van der Waals surface area (Å²) < 4.78 is 17.9. The first-order chi connectivity index (χ1) is 8.24. The van der Waals surface area contributed by atoms with Crippen LogP contribution < -0.4 is 4.74 Å². The van der Waals surface area contributed by atoms with Gasteiger partial charge in [-0.1, -0.05) is 12.1 Å². The fourth-order valence-electron chi connectivity index (χ4n) is 1.66. The Morgan fingerprint density at radius 3 is 2.41 bits per heavy atom. The first-order valence-electron chi connectivity index (χ1n) is 5.14. The monoisotopic (exact) mass is 230 g/mol. The molecule has 3 heteroatoms. The molecule has 0 amide bonds. The van der Waals surface area contributed by atoms with Crippen LogP contribution in [0.15, 0.2) is 42.5 Å². The lowest BCUT2D eigenvalue weighted by Crippen LogP contribution is -1.90. The molecule has 0 saturated heterocycles. The standard InChI is InChI=1S/C14H11FO2/c1-17-13-6-7-14(11(8-13)9-16)10-2-4-12(15)5-3-10/h2-9H,1H3. The van der Waals surface area contributed by atoms with Gasteiger partial charge in [0, 0.05) is 5.56 Å². The largest absolute Gasteiger partial charge is 0.497 e. The maximum absolute atomic E-state index is 12.8. The number of ether oxygens (including phenoxy) is 1. The molecule has 2 aromatic rings. The third-order valence-electron chi connectivity index (χ3n) is 2.54. The Bertz CT molecular complexity index is 532. The maximum atomic E-state index is 12.8. The van der Waals surface area contributed by atoms with Crippen molar-refractivity contribution in [3.63, 3.8) is 0 Å². The van der Waals surface area contributed by atoms with Crippen LogP contribution in [0.25, 0.3) is 11.1 Å². The molecule has 0 aliphatic rings. The van der Waals surface area contributed by atoms with Gasteiger partial charge in [-0.2, -0.15) is 0 Å². The van der Waals surface area contributed by atoms with E-state index < -0.39 is 0 Å². The summed E-state index contributed by atoms with van der Waals surface area (Å²) >= 11 is 0. The molecular formula is C14H11FO2. The molecule has 0 unspecified atom stereocenters. The second-order valence-electron chi connectivity index (χ2n) is 3.58. The summed E-state index contributed by atoms with van der Waals surface area (Å²) in [4.78, 5) is 11.0. The molecule has 0 saturated carbocycles. The Labute approximate surface area is 98.7 Å². The summed E-state index contributed by atoms with van der Waals surface area (Å²) in [5.41, 5.74) is 2.09. The van der Waals surface area contributed by atoms with Crippen LogP contribution in [0.3, 0.4) is 0 Å². The number of benzene rings is 2. The lowest BCUT2D eigenvalue weighted by molar-refractivity contribution is 0.112. The summed E-state index contributed by atoms with van der Waals surface area (Å²) in [6.45, 7) is 0. The van der Waals surface area contributed by atoms with Crippen LogP contribution in [0.4, 0.5) is 4.39 Å². The minimum atomic E-state index is -0.296. The minimum Gasteiger partial charge on any atom is -0.497 e. The number of hydrogen-bond donors (Lipinski definition) is 0. The quantitative estimate of drug-likeness (QED) is 0.756. The van der Waals surface area contributed by atoms with Gasteiger partial charge in [-0.05, 0) is 41.5 Å². The second-order valence-corrected chi connectivity index (χ2v) is 3.58. The van der Waals surface area contributed by atoms with Gasteiger partial charge in [-0.3, -0.25) is 4.79 Å². The molecule has 0 heterocycles. The highest BCUT2D eigenvalue weighted by Crippen LogP contribution is 2.26. The van der Waals surface area contributed by atoms with Crippen molar-refractivity contribution < 1.29 is 13.9 Å². The van der Waals surface area contributed by atoms with Crippen molar-refractivity contribution in [2.45, 2.75) is 0 Å². The lowest BCUT2D eigenvalue weighted by atomic mass is 10.0. The van der Waals surface area contributed by atoms with Crippen LogP contribution in [0.1, 0.15) is 10.4 Å². The summed E-state index contributed by atoms with van der Waals surface area (Å²) in [5, 5.41) is 0. The van der Waals surface area contributed by atoms with Crippen LogP contribution in [0.5, 0.6) is 5.75 Å². The Hall–Kier alpha value is -2.16. The molecule has 17 heavy (non-hydrogen) atoms. The summed E-state index contributed by atoms with van der Waals surface area (Å²) in [6.07, 6.45) is 0.765. The number of halogens is 1. The van der Waals surface area contributed by atoms with E-state index in [1.54, 1.807) is 37.4 Å². The Morgan fingerprint density at radius 1 is 1.12 bits per heavy atom. The highest BCUT2D eigenvalue weighted by atomic mass is 19.1. The van der Waals surface area contributed by atoms with Crippen LogP contribution in [-0.2, 0) is 0 Å². The summed E-state index contributed by atoms with van der Waals surface area (Å²) in [6, 6.07) is 11.2. The molecule has 2 aromatic carbocycles. The van der Waals surface area contributed by atoms with Gasteiger partial charge in [-0.25, -0.2) is 4.39 Å². The number of hydrogen-bond acceptors (Lipinski definition) is 2. The average Bonchev–Trinajstić information content (AvgIpc) is 2.39. The molecule has 0 radical (unpaired) electrons. The van der Waals surface area contributed by atoms with E-state index in [-0.39, 0.29) is 5.82 Å². The molecule has 2 rings (SSSR count). The van der Waals surface area contributed by atoms with Crippen molar-refractivity contribution in [1.82, 2.24) is 0 Å². The summed E-state index contributed by atoms with van der Waals surface area (Å²) in [5.74, 6) is 0.327. The van der Waals surface area contributed by atoms with Gasteiger partial charge in [0.05, 0.1) is 7.11 Å². The normalized spacial score (nSPS) is 10.0. The number of carbonyl (C=O) groups is 1. The van der Waals surface area contributed by atoms with Crippen molar-refractivity contribution in [2.24, 2.45) is 0 Å². The lowest BCUT2D eigenvalue weighted by Gasteiger charge is -2.07. The van der Waals surface area contributed by atoms with Crippen molar-refractivity contribution in [1.29, 1.82) is 0 Å². The van der Waals surface area contributed by atoms with Gasteiger partial charge in [0.1, 0.15) is 11.6 Å². The zero-order valence-corrected chi connectivity index (χ0v) is 9.31. The third-order valence-corrected chi connectivity index (χ3v) is 2.54. The zero-order chi connectivity index (χ0) is 12.3.